The number of carbonyl (C=O) groups is 1. The van der Waals surface area contributed by atoms with Crippen molar-refractivity contribution in [1.29, 1.82) is 0 Å². The molecule has 0 spiro atoms. The highest BCUT2D eigenvalue weighted by Gasteiger charge is 2.28. The van der Waals surface area contributed by atoms with E-state index in [2.05, 4.69) is 6.92 Å². The molecule has 2 rings (SSSR count). The molecule has 1 aromatic carbocycles. The minimum atomic E-state index is 0.137. The maximum absolute atomic E-state index is 12.4. The highest BCUT2D eigenvalue weighted by molar-refractivity contribution is 5.77. The summed E-state index contributed by atoms with van der Waals surface area (Å²) in [6, 6.07) is 7.96. The molecule has 1 aromatic rings. The van der Waals surface area contributed by atoms with Crippen LogP contribution < -0.4 is 5.73 Å². The zero-order valence-corrected chi connectivity index (χ0v) is 12.3. The van der Waals surface area contributed by atoms with Gasteiger partial charge in [-0.1, -0.05) is 19.1 Å². The molecule has 1 amide bonds. The van der Waals surface area contributed by atoms with Crippen LogP contribution in [0.1, 0.15) is 32.3 Å². The van der Waals surface area contributed by atoms with Gasteiger partial charge in [0.2, 0.25) is 5.91 Å². The van der Waals surface area contributed by atoms with Gasteiger partial charge in [-0.2, -0.15) is 0 Å². The molecule has 1 saturated heterocycles. The number of morpholine rings is 1. The smallest absolute Gasteiger partial charge is 0.223 e. The first-order valence-corrected chi connectivity index (χ1v) is 7.35. The topological polar surface area (TPSA) is 55.6 Å². The number of anilines is 1. The molecular weight excluding hydrogens is 252 g/mol. The van der Waals surface area contributed by atoms with Crippen LogP contribution in [0, 0.1) is 0 Å². The fraction of sp³-hybridized carbons (Fsp3) is 0.562. The van der Waals surface area contributed by atoms with Crippen LogP contribution in [-0.4, -0.2) is 36.1 Å². The Labute approximate surface area is 120 Å². The quantitative estimate of drug-likeness (QED) is 0.858. The highest BCUT2D eigenvalue weighted by atomic mass is 16.5. The normalized spacial score (nSPS) is 22.8. The fourth-order valence-corrected chi connectivity index (χ4v) is 2.57. The van der Waals surface area contributed by atoms with Gasteiger partial charge in [-0.15, -0.1) is 0 Å². The van der Waals surface area contributed by atoms with Gasteiger partial charge in [0.15, 0.2) is 0 Å². The van der Waals surface area contributed by atoms with Crippen molar-refractivity contribution in [2.45, 2.75) is 45.3 Å². The number of amides is 1. The Kier molecular flexibility index (Phi) is 5.01. The molecule has 0 aromatic heterocycles. The minimum Gasteiger partial charge on any atom is -0.399 e. The van der Waals surface area contributed by atoms with E-state index in [0.717, 1.165) is 24.1 Å². The van der Waals surface area contributed by atoms with Gasteiger partial charge in [-0.05, 0) is 37.5 Å². The molecule has 4 heteroatoms. The molecule has 0 aliphatic carbocycles. The lowest BCUT2D eigenvalue weighted by atomic mass is 10.1. The third-order valence-electron chi connectivity index (χ3n) is 3.87. The highest BCUT2D eigenvalue weighted by Crippen LogP contribution is 2.17. The summed E-state index contributed by atoms with van der Waals surface area (Å²) in [5.41, 5.74) is 7.57. The number of hydrogen-bond acceptors (Lipinski definition) is 3. The maximum atomic E-state index is 12.4. The van der Waals surface area contributed by atoms with Crippen LogP contribution >= 0.6 is 0 Å². The predicted octanol–water partition coefficient (Wildman–Crippen LogP) is 2.23. The van der Waals surface area contributed by atoms with Gasteiger partial charge >= 0.3 is 0 Å². The minimum absolute atomic E-state index is 0.137. The van der Waals surface area contributed by atoms with E-state index in [1.165, 1.54) is 0 Å². The van der Waals surface area contributed by atoms with Crippen LogP contribution in [0.3, 0.4) is 0 Å². The molecule has 1 aliphatic rings. The molecule has 20 heavy (non-hydrogen) atoms. The van der Waals surface area contributed by atoms with Crippen LogP contribution in [0.4, 0.5) is 5.69 Å². The zero-order chi connectivity index (χ0) is 14.5. The Morgan fingerprint density at radius 3 is 2.75 bits per heavy atom. The third-order valence-corrected chi connectivity index (χ3v) is 3.87. The van der Waals surface area contributed by atoms with Gasteiger partial charge in [0, 0.05) is 18.7 Å². The number of carbonyl (C=O) groups excluding carboxylic acids is 1. The van der Waals surface area contributed by atoms with Gasteiger partial charge in [-0.25, -0.2) is 0 Å². The Morgan fingerprint density at radius 1 is 1.40 bits per heavy atom. The number of rotatable bonds is 4. The van der Waals surface area contributed by atoms with Crippen molar-refractivity contribution in [2.75, 3.05) is 18.9 Å². The van der Waals surface area contributed by atoms with E-state index in [0.29, 0.717) is 19.6 Å². The molecule has 0 saturated carbocycles. The second kappa shape index (κ2) is 6.75. The molecule has 0 bridgehead atoms. The number of nitrogen functional groups attached to an aromatic ring is 1. The molecule has 1 aliphatic heterocycles. The van der Waals surface area contributed by atoms with Gasteiger partial charge < -0.3 is 15.4 Å². The Hall–Kier alpha value is -1.55. The van der Waals surface area contributed by atoms with E-state index in [1.807, 2.05) is 36.1 Å². The van der Waals surface area contributed by atoms with Crippen molar-refractivity contribution in [1.82, 2.24) is 4.90 Å². The SMILES string of the molecule is CCC1COC(C)CN1C(=O)CCc1ccc(N)cc1. The number of nitrogens with two attached hydrogens (primary N) is 1. The van der Waals surface area contributed by atoms with Crippen molar-refractivity contribution in [3.8, 4) is 0 Å². The Morgan fingerprint density at radius 2 is 2.10 bits per heavy atom. The molecule has 2 atom stereocenters. The van der Waals surface area contributed by atoms with E-state index in [4.69, 9.17) is 10.5 Å². The van der Waals surface area contributed by atoms with Gasteiger partial charge in [-0.3, -0.25) is 4.79 Å². The second-order valence-electron chi connectivity index (χ2n) is 5.49. The monoisotopic (exact) mass is 276 g/mol. The summed E-state index contributed by atoms with van der Waals surface area (Å²) in [5.74, 6) is 0.226. The number of benzene rings is 1. The van der Waals surface area contributed by atoms with Crippen molar-refractivity contribution in [3.63, 3.8) is 0 Å². The van der Waals surface area contributed by atoms with Crippen molar-refractivity contribution in [2.24, 2.45) is 0 Å². The van der Waals surface area contributed by atoms with Crippen LogP contribution in [0.15, 0.2) is 24.3 Å². The lowest BCUT2D eigenvalue weighted by Crippen LogP contribution is -2.51. The third kappa shape index (κ3) is 3.73. The maximum Gasteiger partial charge on any atom is 0.223 e. The standard InChI is InChI=1S/C16H24N2O2/c1-3-15-11-20-12(2)10-18(15)16(19)9-6-13-4-7-14(17)8-5-13/h4-5,7-8,12,15H,3,6,9-11,17H2,1-2H3. The lowest BCUT2D eigenvalue weighted by Gasteiger charge is -2.38. The van der Waals surface area contributed by atoms with E-state index in [-0.39, 0.29) is 18.1 Å². The van der Waals surface area contributed by atoms with Crippen molar-refractivity contribution in [3.05, 3.63) is 29.8 Å². The second-order valence-corrected chi connectivity index (χ2v) is 5.49. The lowest BCUT2D eigenvalue weighted by molar-refractivity contribution is -0.144. The molecule has 0 radical (unpaired) electrons. The number of nitrogens with zero attached hydrogens (tertiary/aromatic N) is 1. The first-order valence-electron chi connectivity index (χ1n) is 7.35. The van der Waals surface area contributed by atoms with Crippen LogP contribution in [0.25, 0.3) is 0 Å². The summed E-state index contributed by atoms with van der Waals surface area (Å²) in [4.78, 5) is 14.4. The van der Waals surface area contributed by atoms with E-state index < -0.39 is 0 Å². The summed E-state index contributed by atoms with van der Waals surface area (Å²) in [6.07, 6.45) is 2.40. The summed E-state index contributed by atoms with van der Waals surface area (Å²) in [5, 5.41) is 0. The first kappa shape index (κ1) is 14.9. The van der Waals surface area contributed by atoms with Crippen LogP contribution in [-0.2, 0) is 16.0 Å². The van der Waals surface area contributed by atoms with E-state index in [1.54, 1.807) is 0 Å². The number of aryl methyl sites for hydroxylation is 1. The molecule has 110 valence electrons. The fourth-order valence-electron chi connectivity index (χ4n) is 2.57. The molecular formula is C16H24N2O2. The first-order chi connectivity index (χ1) is 9.60. The predicted molar refractivity (Wildman–Crippen MR) is 80.4 cm³/mol. The molecule has 1 heterocycles. The average Bonchev–Trinajstić information content (AvgIpc) is 2.46. The molecule has 2 unspecified atom stereocenters. The van der Waals surface area contributed by atoms with Crippen LogP contribution in [0.2, 0.25) is 0 Å². The Bertz CT molecular complexity index is 444. The van der Waals surface area contributed by atoms with E-state index >= 15 is 0 Å². The van der Waals surface area contributed by atoms with Gasteiger partial charge in [0.25, 0.3) is 0 Å². The van der Waals surface area contributed by atoms with Crippen molar-refractivity contribution < 1.29 is 9.53 Å². The van der Waals surface area contributed by atoms with Gasteiger partial charge in [0.05, 0.1) is 18.8 Å². The number of ether oxygens (including phenoxy) is 1. The Balaban J connectivity index is 1.91. The summed E-state index contributed by atoms with van der Waals surface area (Å²) < 4.78 is 5.63. The average molecular weight is 276 g/mol. The summed E-state index contributed by atoms with van der Waals surface area (Å²) in [7, 11) is 0. The molecule has 2 N–H and O–H groups in total. The molecule has 1 fully saturated rings. The number of hydrogen-bond donors (Lipinski definition) is 1. The summed E-state index contributed by atoms with van der Waals surface area (Å²) in [6.45, 7) is 5.49. The zero-order valence-electron chi connectivity index (χ0n) is 12.3. The molecule has 4 nitrogen and oxygen atoms in total. The summed E-state index contributed by atoms with van der Waals surface area (Å²) >= 11 is 0. The van der Waals surface area contributed by atoms with Gasteiger partial charge in [0.1, 0.15) is 0 Å². The van der Waals surface area contributed by atoms with Crippen LogP contribution in [0.5, 0.6) is 0 Å². The largest absolute Gasteiger partial charge is 0.399 e. The van der Waals surface area contributed by atoms with E-state index in [9.17, 15) is 4.79 Å². The van der Waals surface area contributed by atoms with Crippen molar-refractivity contribution >= 4 is 11.6 Å².